The largest absolute Gasteiger partial charge is 0.496 e. The van der Waals surface area contributed by atoms with E-state index in [2.05, 4.69) is 31.9 Å². The molecule has 2 nitrogen and oxygen atoms in total. The first-order valence-electron chi connectivity index (χ1n) is 5.60. The van der Waals surface area contributed by atoms with E-state index in [9.17, 15) is 13.9 Å². The molecule has 106 valence electrons. The van der Waals surface area contributed by atoms with Gasteiger partial charge in [-0.05, 0) is 40.2 Å². The van der Waals surface area contributed by atoms with Gasteiger partial charge in [-0.15, -0.1) is 0 Å². The topological polar surface area (TPSA) is 29.5 Å². The monoisotopic (exact) mass is 406 g/mol. The van der Waals surface area contributed by atoms with E-state index in [1.165, 1.54) is 31.4 Å². The van der Waals surface area contributed by atoms with Crippen LogP contribution in [0.2, 0.25) is 0 Å². The summed E-state index contributed by atoms with van der Waals surface area (Å²) in [6, 6.07) is 6.56. The molecular weight excluding hydrogens is 398 g/mol. The lowest BCUT2D eigenvalue weighted by atomic mass is 10.0. The lowest BCUT2D eigenvalue weighted by Gasteiger charge is -2.17. The van der Waals surface area contributed by atoms with Crippen LogP contribution in [0.5, 0.6) is 5.75 Å². The molecule has 1 N–H and O–H groups in total. The van der Waals surface area contributed by atoms with Crippen molar-refractivity contribution < 1.29 is 18.6 Å². The van der Waals surface area contributed by atoms with Gasteiger partial charge in [0.05, 0.1) is 11.6 Å². The van der Waals surface area contributed by atoms with E-state index in [1.54, 1.807) is 0 Å². The Morgan fingerprint density at radius 1 is 1.05 bits per heavy atom. The maximum Gasteiger partial charge on any atom is 0.141 e. The Morgan fingerprint density at radius 3 is 2.40 bits per heavy atom. The molecule has 0 bridgehead atoms. The number of hydrogen-bond donors (Lipinski definition) is 1. The van der Waals surface area contributed by atoms with E-state index in [-0.39, 0.29) is 10.2 Å². The molecule has 2 rings (SSSR count). The van der Waals surface area contributed by atoms with Gasteiger partial charge in [-0.25, -0.2) is 8.78 Å². The van der Waals surface area contributed by atoms with E-state index in [0.29, 0.717) is 15.6 Å². The molecule has 0 amide bonds. The number of hydrogen-bond acceptors (Lipinski definition) is 2. The average molecular weight is 408 g/mol. The van der Waals surface area contributed by atoms with Gasteiger partial charge in [0.15, 0.2) is 0 Å². The fourth-order valence-corrected chi connectivity index (χ4v) is 2.65. The smallest absolute Gasteiger partial charge is 0.141 e. The van der Waals surface area contributed by atoms with Crippen molar-refractivity contribution in [2.45, 2.75) is 6.10 Å². The molecule has 0 aliphatic rings. The van der Waals surface area contributed by atoms with Crippen LogP contribution in [0.1, 0.15) is 17.2 Å². The Balaban J connectivity index is 2.55. The third kappa shape index (κ3) is 3.02. The van der Waals surface area contributed by atoms with Crippen LogP contribution in [0, 0.1) is 11.6 Å². The number of ether oxygens (including phenoxy) is 1. The third-order valence-electron chi connectivity index (χ3n) is 2.82. The molecule has 2 aromatic carbocycles. The molecule has 6 heteroatoms. The summed E-state index contributed by atoms with van der Waals surface area (Å²) in [5, 5.41) is 10.4. The summed E-state index contributed by atoms with van der Waals surface area (Å²) >= 11 is 6.31. The molecule has 20 heavy (non-hydrogen) atoms. The zero-order valence-corrected chi connectivity index (χ0v) is 13.5. The molecule has 0 aliphatic heterocycles. The van der Waals surface area contributed by atoms with E-state index in [4.69, 9.17) is 4.74 Å². The van der Waals surface area contributed by atoms with Crippen molar-refractivity contribution in [1.29, 1.82) is 0 Å². The standard InChI is InChI=1S/C14H10Br2F2O2/c1-20-13-6-12(18)11(16)5-9(13)14(19)8-4-7(17)2-3-10(8)15/h2-6,14,19H,1H3. The summed E-state index contributed by atoms with van der Waals surface area (Å²) in [7, 11) is 1.37. The SMILES string of the molecule is COc1cc(F)c(Br)cc1C(O)c1cc(F)ccc1Br. The number of aliphatic hydroxyl groups is 1. The Kier molecular flexibility index (Phi) is 4.78. The molecular formula is C14H10Br2F2O2. The summed E-state index contributed by atoms with van der Waals surface area (Å²) in [5.41, 5.74) is 0.675. The zero-order valence-electron chi connectivity index (χ0n) is 10.3. The fraction of sp³-hybridized carbons (Fsp3) is 0.143. The molecule has 0 radical (unpaired) electrons. The predicted octanol–water partition coefficient (Wildman–Crippen LogP) is 4.58. The van der Waals surface area contributed by atoms with Gasteiger partial charge in [-0.3, -0.25) is 0 Å². The van der Waals surface area contributed by atoms with Gasteiger partial charge in [0.1, 0.15) is 23.5 Å². The van der Waals surface area contributed by atoms with Gasteiger partial charge in [0.2, 0.25) is 0 Å². The molecule has 0 aliphatic carbocycles. The minimum atomic E-state index is -1.15. The number of rotatable bonds is 3. The number of benzene rings is 2. The van der Waals surface area contributed by atoms with Crippen molar-refractivity contribution in [2.24, 2.45) is 0 Å². The highest BCUT2D eigenvalue weighted by atomic mass is 79.9. The minimum Gasteiger partial charge on any atom is -0.496 e. The zero-order chi connectivity index (χ0) is 14.9. The van der Waals surface area contributed by atoms with Gasteiger partial charge >= 0.3 is 0 Å². The van der Waals surface area contributed by atoms with Crippen molar-refractivity contribution in [3.8, 4) is 5.75 Å². The van der Waals surface area contributed by atoms with Crippen LogP contribution in [-0.4, -0.2) is 12.2 Å². The highest BCUT2D eigenvalue weighted by Gasteiger charge is 2.20. The van der Waals surface area contributed by atoms with Crippen LogP contribution >= 0.6 is 31.9 Å². The molecule has 0 spiro atoms. The molecule has 0 saturated heterocycles. The molecule has 0 aromatic heterocycles. The van der Waals surface area contributed by atoms with Gasteiger partial charge in [0.25, 0.3) is 0 Å². The maximum absolute atomic E-state index is 13.5. The summed E-state index contributed by atoms with van der Waals surface area (Å²) in [4.78, 5) is 0. The summed E-state index contributed by atoms with van der Waals surface area (Å²) in [5.74, 6) is -0.784. The van der Waals surface area contributed by atoms with Gasteiger partial charge < -0.3 is 9.84 Å². The molecule has 2 aromatic rings. The Morgan fingerprint density at radius 2 is 1.75 bits per heavy atom. The summed E-state index contributed by atoms with van der Waals surface area (Å²) in [6.07, 6.45) is -1.15. The minimum absolute atomic E-state index is 0.189. The van der Waals surface area contributed by atoms with Crippen molar-refractivity contribution in [3.63, 3.8) is 0 Å². The lowest BCUT2D eigenvalue weighted by Crippen LogP contribution is -2.04. The fourth-order valence-electron chi connectivity index (χ4n) is 1.83. The van der Waals surface area contributed by atoms with E-state index < -0.39 is 17.7 Å². The van der Waals surface area contributed by atoms with Gasteiger partial charge in [-0.2, -0.15) is 0 Å². The normalized spacial score (nSPS) is 12.3. The first kappa shape index (κ1) is 15.4. The lowest BCUT2D eigenvalue weighted by molar-refractivity contribution is 0.213. The van der Waals surface area contributed by atoms with Crippen LogP contribution in [0.3, 0.4) is 0 Å². The van der Waals surface area contributed by atoms with Crippen molar-refractivity contribution in [3.05, 3.63) is 62.0 Å². The van der Waals surface area contributed by atoms with Crippen LogP contribution in [0.25, 0.3) is 0 Å². The van der Waals surface area contributed by atoms with E-state index in [0.717, 1.165) is 6.07 Å². The van der Waals surface area contributed by atoms with E-state index >= 15 is 0 Å². The molecule has 0 saturated carbocycles. The van der Waals surface area contributed by atoms with Crippen LogP contribution in [0.15, 0.2) is 39.3 Å². The third-order valence-corrected chi connectivity index (χ3v) is 4.15. The maximum atomic E-state index is 13.5. The van der Waals surface area contributed by atoms with Crippen molar-refractivity contribution in [2.75, 3.05) is 7.11 Å². The van der Waals surface area contributed by atoms with E-state index in [1.807, 2.05) is 0 Å². The van der Waals surface area contributed by atoms with Crippen LogP contribution in [0.4, 0.5) is 8.78 Å². The molecule has 1 unspecified atom stereocenters. The number of methoxy groups -OCH3 is 1. The number of aliphatic hydroxyl groups excluding tert-OH is 1. The Bertz CT molecular complexity index is 647. The quantitative estimate of drug-likeness (QED) is 0.806. The first-order valence-corrected chi connectivity index (χ1v) is 7.18. The highest BCUT2D eigenvalue weighted by Crippen LogP contribution is 2.36. The second-order valence-electron chi connectivity index (χ2n) is 4.08. The molecule has 0 fully saturated rings. The second kappa shape index (κ2) is 6.20. The summed E-state index contributed by atoms with van der Waals surface area (Å²) in [6.45, 7) is 0. The Hall–Kier alpha value is -0.980. The summed E-state index contributed by atoms with van der Waals surface area (Å²) < 4.78 is 32.6. The first-order chi connectivity index (χ1) is 9.43. The number of halogens is 4. The van der Waals surface area contributed by atoms with Crippen LogP contribution in [-0.2, 0) is 0 Å². The van der Waals surface area contributed by atoms with Gasteiger partial charge in [-0.1, -0.05) is 15.9 Å². The molecule has 0 heterocycles. The van der Waals surface area contributed by atoms with Crippen molar-refractivity contribution >= 4 is 31.9 Å². The highest BCUT2D eigenvalue weighted by molar-refractivity contribution is 9.10. The predicted molar refractivity (Wildman–Crippen MR) is 78.8 cm³/mol. The van der Waals surface area contributed by atoms with Crippen LogP contribution < -0.4 is 4.74 Å². The molecule has 1 atom stereocenters. The Labute approximate surface area is 131 Å². The van der Waals surface area contributed by atoms with Crippen molar-refractivity contribution in [1.82, 2.24) is 0 Å². The average Bonchev–Trinajstić information content (AvgIpc) is 2.43. The van der Waals surface area contributed by atoms with Gasteiger partial charge in [0, 0.05) is 21.7 Å². The second-order valence-corrected chi connectivity index (χ2v) is 5.79.